The van der Waals surface area contributed by atoms with Crippen LogP contribution in [-0.2, 0) is 32.2 Å². The van der Waals surface area contributed by atoms with Crippen molar-refractivity contribution < 1.29 is 36.5 Å². The molecule has 2 fully saturated rings. The van der Waals surface area contributed by atoms with E-state index in [0.717, 1.165) is 12.8 Å². The summed E-state index contributed by atoms with van der Waals surface area (Å²) in [5.74, 6) is -6.01. The summed E-state index contributed by atoms with van der Waals surface area (Å²) in [6.45, 7) is 5.45. The summed E-state index contributed by atoms with van der Waals surface area (Å²) in [5.41, 5.74) is -1.62. The average Bonchev–Trinajstić information content (AvgIpc) is 2.63. The predicted octanol–water partition coefficient (Wildman–Crippen LogP) is 4.13. The summed E-state index contributed by atoms with van der Waals surface area (Å²) in [5, 5.41) is 0. The van der Waals surface area contributed by atoms with Gasteiger partial charge in [0, 0.05) is 10.8 Å². The lowest BCUT2D eigenvalue weighted by Crippen LogP contribution is -2.45. The maximum absolute atomic E-state index is 14.7. The first-order chi connectivity index (χ1) is 13.4. The van der Waals surface area contributed by atoms with Crippen LogP contribution in [0.15, 0.2) is 0 Å². The zero-order valence-electron chi connectivity index (χ0n) is 16.2. The largest absolute Gasteiger partial charge is 0.380 e. The molecule has 0 aromatic heterocycles. The van der Waals surface area contributed by atoms with Crippen molar-refractivity contribution in [3.8, 4) is 0 Å². The van der Waals surface area contributed by atoms with Gasteiger partial charge in [0.05, 0.1) is 64.0 Å². The Morgan fingerprint density at radius 2 is 1.07 bits per heavy atom. The van der Waals surface area contributed by atoms with Crippen LogP contribution in [0.4, 0.5) is 17.6 Å². The molecule has 0 N–H and O–H groups in total. The zero-order valence-corrected chi connectivity index (χ0v) is 16.2. The molecule has 0 aliphatic carbocycles. The van der Waals surface area contributed by atoms with Gasteiger partial charge in [-0.1, -0.05) is 13.8 Å². The van der Waals surface area contributed by atoms with Crippen molar-refractivity contribution in [1.82, 2.24) is 0 Å². The molecule has 28 heavy (non-hydrogen) atoms. The highest BCUT2D eigenvalue weighted by Gasteiger charge is 2.38. The summed E-state index contributed by atoms with van der Waals surface area (Å²) >= 11 is 0. The molecule has 1 aromatic rings. The smallest absolute Gasteiger partial charge is 0.195 e. The molecule has 0 bridgehead atoms. The predicted molar refractivity (Wildman–Crippen MR) is 92.7 cm³/mol. The standard InChI is InChI=1S/C20H26F4O4/c1-3-19(9-27-10-19)7-25-5-13-15(21)14(17(23)18(24)16(13)22)6-26-8-20(4-2)11-28-12-20/h3-12H2,1-2H3. The van der Waals surface area contributed by atoms with E-state index in [9.17, 15) is 17.6 Å². The van der Waals surface area contributed by atoms with Gasteiger partial charge >= 0.3 is 0 Å². The lowest BCUT2D eigenvalue weighted by Gasteiger charge is -2.40. The van der Waals surface area contributed by atoms with E-state index in [-0.39, 0.29) is 24.0 Å². The van der Waals surface area contributed by atoms with Gasteiger partial charge in [0.2, 0.25) is 0 Å². The van der Waals surface area contributed by atoms with Crippen LogP contribution in [0.2, 0.25) is 0 Å². The Morgan fingerprint density at radius 1 is 0.679 bits per heavy atom. The Labute approximate surface area is 162 Å². The second kappa shape index (κ2) is 8.65. The van der Waals surface area contributed by atoms with Gasteiger partial charge in [0.15, 0.2) is 17.5 Å². The molecule has 2 saturated heterocycles. The molecular formula is C20H26F4O4. The first-order valence-corrected chi connectivity index (χ1v) is 9.52. The highest BCUT2D eigenvalue weighted by Crippen LogP contribution is 2.34. The molecule has 0 unspecified atom stereocenters. The third-order valence-electron chi connectivity index (χ3n) is 5.89. The van der Waals surface area contributed by atoms with Crippen molar-refractivity contribution in [3.05, 3.63) is 34.4 Å². The molecule has 0 spiro atoms. The van der Waals surface area contributed by atoms with E-state index in [0.29, 0.717) is 26.4 Å². The summed E-state index contributed by atoms with van der Waals surface area (Å²) in [6.07, 6.45) is 1.58. The molecule has 0 atom stereocenters. The Hall–Kier alpha value is -1.22. The number of rotatable bonds is 10. The van der Waals surface area contributed by atoms with E-state index >= 15 is 0 Å². The molecule has 1 aromatic carbocycles. The van der Waals surface area contributed by atoms with Gasteiger partial charge in [0.1, 0.15) is 5.82 Å². The summed E-state index contributed by atoms with van der Waals surface area (Å²) in [4.78, 5) is 0. The van der Waals surface area contributed by atoms with Crippen LogP contribution >= 0.6 is 0 Å². The second-order valence-corrected chi connectivity index (χ2v) is 7.89. The van der Waals surface area contributed by atoms with Crippen LogP contribution in [0.25, 0.3) is 0 Å². The highest BCUT2D eigenvalue weighted by atomic mass is 19.2. The molecule has 2 heterocycles. The van der Waals surface area contributed by atoms with Gasteiger partial charge < -0.3 is 18.9 Å². The third kappa shape index (κ3) is 4.06. The van der Waals surface area contributed by atoms with Gasteiger partial charge in [-0.3, -0.25) is 0 Å². The third-order valence-corrected chi connectivity index (χ3v) is 5.89. The summed E-state index contributed by atoms with van der Waals surface area (Å²) < 4.78 is 78.1. The minimum atomic E-state index is -1.71. The number of hydrogen-bond acceptors (Lipinski definition) is 4. The van der Waals surface area contributed by atoms with E-state index in [4.69, 9.17) is 18.9 Å². The monoisotopic (exact) mass is 406 g/mol. The molecule has 3 rings (SSSR count). The number of hydrogen-bond donors (Lipinski definition) is 0. The number of halogens is 4. The fourth-order valence-electron chi connectivity index (χ4n) is 3.29. The van der Waals surface area contributed by atoms with Crippen LogP contribution < -0.4 is 0 Å². The topological polar surface area (TPSA) is 36.9 Å². The van der Waals surface area contributed by atoms with Crippen LogP contribution in [0, 0.1) is 34.1 Å². The quantitative estimate of drug-likeness (QED) is 0.333. The van der Waals surface area contributed by atoms with Crippen LogP contribution in [-0.4, -0.2) is 39.6 Å². The molecule has 0 saturated carbocycles. The SMILES string of the molecule is CCC1(COCc2c(F)c(F)c(F)c(COCC3(CC)COC3)c2F)COC1. The van der Waals surface area contributed by atoms with Gasteiger partial charge in [-0.2, -0.15) is 0 Å². The molecule has 8 heteroatoms. The Bertz CT molecular complexity index is 636. The molecule has 158 valence electrons. The van der Waals surface area contributed by atoms with Crippen LogP contribution in [0.3, 0.4) is 0 Å². The first kappa shape index (κ1) is 21.5. The van der Waals surface area contributed by atoms with Gasteiger partial charge in [-0.25, -0.2) is 17.6 Å². The average molecular weight is 406 g/mol. The Balaban J connectivity index is 1.68. The first-order valence-electron chi connectivity index (χ1n) is 9.52. The van der Waals surface area contributed by atoms with Gasteiger partial charge in [-0.15, -0.1) is 0 Å². The van der Waals surface area contributed by atoms with Crippen molar-refractivity contribution in [1.29, 1.82) is 0 Å². The van der Waals surface area contributed by atoms with E-state index in [1.807, 2.05) is 13.8 Å². The molecule has 2 aliphatic heterocycles. The lowest BCUT2D eigenvalue weighted by atomic mass is 9.84. The van der Waals surface area contributed by atoms with E-state index in [1.54, 1.807) is 0 Å². The second-order valence-electron chi connectivity index (χ2n) is 7.89. The van der Waals surface area contributed by atoms with Crippen LogP contribution in [0.1, 0.15) is 37.8 Å². The number of benzene rings is 1. The van der Waals surface area contributed by atoms with E-state index in [2.05, 4.69) is 0 Å². The fraction of sp³-hybridized carbons (Fsp3) is 0.700. The zero-order chi connectivity index (χ0) is 20.4. The van der Waals surface area contributed by atoms with Crippen molar-refractivity contribution in [2.75, 3.05) is 39.6 Å². The van der Waals surface area contributed by atoms with Gasteiger partial charge in [-0.05, 0) is 12.8 Å². The normalized spacial score (nSPS) is 19.9. The van der Waals surface area contributed by atoms with E-state index < -0.39 is 47.6 Å². The Kier molecular flexibility index (Phi) is 6.64. The molecule has 0 amide bonds. The molecule has 4 nitrogen and oxygen atoms in total. The van der Waals surface area contributed by atoms with Crippen molar-refractivity contribution in [3.63, 3.8) is 0 Å². The molecular weight excluding hydrogens is 380 g/mol. The van der Waals surface area contributed by atoms with E-state index in [1.165, 1.54) is 0 Å². The lowest BCUT2D eigenvalue weighted by molar-refractivity contribution is -0.153. The molecule has 0 radical (unpaired) electrons. The highest BCUT2D eigenvalue weighted by molar-refractivity contribution is 5.29. The van der Waals surface area contributed by atoms with Crippen molar-refractivity contribution in [2.45, 2.75) is 39.9 Å². The maximum atomic E-state index is 14.7. The molecule has 2 aliphatic rings. The Morgan fingerprint density at radius 3 is 1.36 bits per heavy atom. The fourth-order valence-corrected chi connectivity index (χ4v) is 3.29. The summed E-state index contributed by atoms with van der Waals surface area (Å²) in [7, 11) is 0. The number of ether oxygens (including phenoxy) is 4. The van der Waals surface area contributed by atoms with Crippen molar-refractivity contribution >= 4 is 0 Å². The van der Waals surface area contributed by atoms with Gasteiger partial charge in [0.25, 0.3) is 0 Å². The maximum Gasteiger partial charge on any atom is 0.195 e. The minimum Gasteiger partial charge on any atom is -0.380 e. The van der Waals surface area contributed by atoms with Crippen molar-refractivity contribution in [2.24, 2.45) is 10.8 Å². The van der Waals surface area contributed by atoms with Crippen LogP contribution in [0.5, 0.6) is 0 Å². The minimum absolute atomic E-state index is 0.184. The summed E-state index contributed by atoms with van der Waals surface area (Å²) in [6, 6.07) is 0.